The predicted octanol–water partition coefficient (Wildman–Crippen LogP) is 6.93. The van der Waals surface area contributed by atoms with Crippen molar-refractivity contribution >= 4 is 5.91 Å². The number of ether oxygens (including phenoxy) is 1. The molecule has 0 aromatic heterocycles. The standard InChI is InChI=1S/C29H48N2O3/c1-2-3-4-5-6-7-8-9-10-11-12-13-14-15-16-17-21-34-25-28(24-32)31-29(33)27-20-18-19-26(22-27)23-30/h18-20,22,28,32H,2-17,21,24-25H2,1H3,(H,31,33)/t28-/m0/s1. The molecule has 1 atom stereocenters. The summed E-state index contributed by atoms with van der Waals surface area (Å²) in [5.41, 5.74) is 0.850. The van der Waals surface area contributed by atoms with Gasteiger partial charge in [0.05, 0.1) is 30.9 Å². The molecule has 1 aromatic rings. The van der Waals surface area contributed by atoms with Gasteiger partial charge in [0, 0.05) is 12.2 Å². The van der Waals surface area contributed by atoms with Crippen molar-refractivity contribution in [1.29, 1.82) is 5.26 Å². The number of unbranched alkanes of at least 4 members (excludes halogenated alkanes) is 15. The molecule has 5 nitrogen and oxygen atoms in total. The van der Waals surface area contributed by atoms with E-state index >= 15 is 0 Å². The Kier molecular flexibility index (Phi) is 19.2. The van der Waals surface area contributed by atoms with Gasteiger partial charge in [0.1, 0.15) is 0 Å². The van der Waals surface area contributed by atoms with E-state index in [0.717, 1.165) is 12.8 Å². The van der Waals surface area contributed by atoms with Crippen molar-refractivity contribution in [3.05, 3.63) is 35.4 Å². The maximum atomic E-state index is 12.3. The summed E-state index contributed by atoms with van der Waals surface area (Å²) >= 11 is 0. The molecule has 192 valence electrons. The highest BCUT2D eigenvalue weighted by atomic mass is 16.5. The average molecular weight is 473 g/mol. The zero-order valence-corrected chi connectivity index (χ0v) is 21.5. The van der Waals surface area contributed by atoms with Crippen LogP contribution in [0.15, 0.2) is 24.3 Å². The maximum Gasteiger partial charge on any atom is 0.251 e. The molecule has 0 aliphatic heterocycles. The lowest BCUT2D eigenvalue weighted by molar-refractivity contribution is 0.0718. The van der Waals surface area contributed by atoms with E-state index in [0.29, 0.717) is 24.3 Å². The zero-order chi connectivity index (χ0) is 24.7. The molecular weight excluding hydrogens is 424 g/mol. The van der Waals surface area contributed by atoms with Gasteiger partial charge < -0.3 is 15.2 Å². The second kappa shape index (κ2) is 21.6. The van der Waals surface area contributed by atoms with Crippen LogP contribution in [0.1, 0.15) is 126 Å². The van der Waals surface area contributed by atoms with E-state index < -0.39 is 6.04 Å². The number of hydrogen-bond donors (Lipinski definition) is 2. The van der Waals surface area contributed by atoms with Crippen LogP contribution in [0.4, 0.5) is 0 Å². The minimum atomic E-state index is -0.445. The molecule has 34 heavy (non-hydrogen) atoms. The van der Waals surface area contributed by atoms with Gasteiger partial charge >= 0.3 is 0 Å². The second-order valence-corrected chi connectivity index (χ2v) is 9.42. The largest absolute Gasteiger partial charge is 0.394 e. The molecule has 0 aliphatic carbocycles. The number of nitriles is 1. The van der Waals surface area contributed by atoms with Crippen LogP contribution in [0.5, 0.6) is 0 Å². The number of benzene rings is 1. The Morgan fingerprint density at radius 2 is 1.44 bits per heavy atom. The Balaban J connectivity index is 1.91. The van der Waals surface area contributed by atoms with Gasteiger partial charge in [-0.1, -0.05) is 109 Å². The molecule has 0 fully saturated rings. The van der Waals surface area contributed by atoms with E-state index in [1.54, 1.807) is 24.3 Å². The normalized spacial score (nSPS) is 11.8. The van der Waals surface area contributed by atoms with Gasteiger partial charge in [-0.2, -0.15) is 5.26 Å². The Morgan fingerprint density at radius 3 is 1.94 bits per heavy atom. The summed E-state index contributed by atoms with van der Waals surface area (Å²) in [6, 6.07) is 8.11. The molecule has 1 aromatic carbocycles. The number of aliphatic hydroxyl groups excluding tert-OH is 1. The van der Waals surface area contributed by atoms with Crippen LogP contribution in [-0.2, 0) is 4.74 Å². The van der Waals surface area contributed by atoms with Crippen molar-refractivity contribution in [3.8, 4) is 6.07 Å². The molecule has 0 bridgehead atoms. The van der Waals surface area contributed by atoms with Crippen LogP contribution in [0, 0.1) is 11.3 Å². The van der Waals surface area contributed by atoms with Gasteiger partial charge in [-0.3, -0.25) is 4.79 Å². The number of carbonyl (C=O) groups is 1. The molecule has 0 saturated carbocycles. The van der Waals surface area contributed by atoms with E-state index in [-0.39, 0.29) is 12.5 Å². The fraction of sp³-hybridized carbons (Fsp3) is 0.724. The van der Waals surface area contributed by atoms with Gasteiger partial charge in [0.15, 0.2) is 0 Å². The van der Waals surface area contributed by atoms with Crippen LogP contribution < -0.4 is 5.32 Å². The first-order chi connectivity index (χ1) is 16.7. The molecule has 0 aliphatic rings. The first-order valence-corrected chi connectivity index (χ1v) is 13.7. The molecule has 0 radical (unpaired) electrons. The SMILES string of the molecule is CCCCCCCCCCCCCCCCCCOC[C@H](CO)NC(=O)c1cccc(C#N)c1. The second-order valence-electron chi connectivity index (χ2n) is 9.42. The van der Waals surface area contributed by atoms with Crippen LogP contribution in [0.2, 0.25) is 0 Å². The Morgan fingerprint density at radius 1 is 0.912 bits per heavy atom. The van der Waals surface area contributed by atoms with E-state index in [4.69, 9.17) is 10.00 Å². The lowest BCUT2D eigenvalue weighted by Gasteiger charge is -2.16. The van der Waals surface area contributed by atoms with Gasteiger partial charge in [0.25, 0.3) is 5.91 Å². The Hall–Kier alpha value is -1.90. The summed E-state index contributed by atoms with van der Waals surface area (Å²) in [5.74, 6) is -0.304. The minimum absolute atomic E-state index is 0.178. The monoisotopic (exact) mass is 472 g/mol. The molecular formula is C29H48N2O3. The molecule has 1 rings (SSSR count). The lowest BCUT2D eigenvalue weighted by atomic mass is 10.0. The van der Waals surface area contributed by atoms with Crippen molar-refractivity contribution < 1.29 is 14.6 Å². The number of nitrogens with zero attached hydrogens (tertiary/aromatic N) is 1. The summed E-state index contributed by atoms with van der Waals surface area (Å²) in [6.45, 7) is 3.03. The Bertz CT molecular complexity index is 672. The number of carbonyl (C=O) groups excluding carboxylic acids is 1. The topological polar surface area (TPSA) is 82.3 Å². The quantitative estimate of drug-likeness (QED) is 0.179. The lowest BCUT2D eigenvalue weighted by Crippen LogP contribution is -2.41. The van der Waals surface area contributed by atoms with Crippen molar-refractivity contribution in [2.45, 2.75) is 116 Å². The fourth-order valence-electron chi connectivity index (χ4n) is 4.12. The van der Waals surface area contributed by atoms with Crippen molar-refractivity contribution in [2.24, 2.45) is 0 Å². The van der Waals surface area contributed by atoms with Crippen molar-refractivity contribution in [3.63, 3.8) is 0 Å². The summed E-state index contributed by atoms with van der Waals surface area (Å²) in [7, 11) is 0. The van der Waals surface area contributed by atoms with Crippen LogP contribution in [0.3, 0.4) is 0 Å². The molecule has 2 N–H and O–H groups in total. The number of amides is 1. The molecule has 0 unspecified atom stereocenters. The third kappa shape index (κ3) is 15.9. The molecule has 0 heterocycles. The maximum absolute atomic E-state index is 12.3. The molecule has 5 heteroatoms. The summed E-state index contributed by atoms with van der Waals surface area (Å²) in [6.07, 6.45) is 21.5. The summed E-state index contributed by atoms with van der Waals surface area (Å²) in [5, 5.41) is 21.2. The van der Waals surface area contributed by atoms with E-state index in [1.807, 2.05) is 6.07 Å². The van der Waals surface area contributed by atoms with Crippen LogP contribution in [-0.4, -0.2) is 36.9 Å². The molecule has 0 saturated heterocycles. The smallest absolute Gasteiger partial charge is 0.251 e. The summed E-state index contributed by atoms with van der Waals surface area (Å²) < 4.78 is 5.66. The van der Waals surface area contributed by atoms with E-state index in [2.05, 4.69) is 12.2 Å². The third-order valence-electron chi connectivity index (χ3n) is 6.27. The van der Waals surface area contributed by atoms with Gasteiger partial charge in [-0.15, -0.1) is 0 Å². The van der Waals surface area contributed by atoms with Gasteiger partial charge in [-0.05, 0) is 24.6 Å². The highest BCUT2D eigenvalue weighted by Crippen LogP contribution is 2.13. The molecule has 0 spiro atoms. The number of aliphatic hydroxyl groups is 1. The first kappa shape index (κ1) is 30.1. The van der Waals surface area contributed by atoms with Crippen LogP contribution >= 0.6 is 0 Å². The first-order valence-electron chi connectivity index (χ1n) is 13.7. The third-order valence-corrected chi connectivity index (χ3v) is 6.27. The van der Waals surface area contributed by atoms with E-state index in [9.17, 15) is 9.90 Å². The average Bonchev–Trinajstić information content (AvgIpc) is 2.87. The van der Waals surface area contributed by atoms with Crippen molar-refractivity contribution in [1.82, 2.24) is 5.32 Å². The molecule has 1 amide bonds. The fourth-order valence-corrected chi connectivity index (χ4v) is 4.12. The number of hydrogen-bond acceptors (Lipinski definition) is 4. The van der Waals surface area contributed by atoms with Gasteiger partial charge in [-0.25, -0.2) is 0 Å². The van der Waals surface area contributed by atoms with E-state index in [1.165, 1.54) is 89.9 Å². The zero-order valence-electron chi connectivity index (χ0n) is 21.5. The highest BCUT2D eigenvalue weighted by molar-refractivity contribution is 5.94. The van der Waals surface area contributed by atoms with Crippen LogP contribution in [0.25, 0.3) is 0 Å². The summed E-state index contributed by atoms with van der Waals surface area (Å²) in [4.78, 5) is 12.3. The number of rotatable bonds is 22. The van der Waals surface area contributed by atoms with Gasteiger partial charge in [0.2, 0.25) is 0 Å². The Labute approximate surface area is 208 Å². The number of nitrogens with one attached hydrogen (secondary N) is 1. The van der Waals surface area contributed by atoms with Crippen molar-refractivity contribution in [2.75, 3.05) is 19.8 Å². The highest BCUT2D eigenvalue weighted by Gasteiger charge is 2.13. The predicted molar refractivity (Wildman–Crippen MR) is 140 cm³/mol. The minimum Gasteiger partial charge on any atom is -0.394 e.